The molecule has 0 aromatic heterocycles. The predicted molar refractivity (Wildman–Crippen MR) is 94.2 cm³/mol. The number of anilines is 1. The highest BCUT2D eigenvalue weighted by atomic mass is 16.5. The third-order valence-corrected chi connectivity index (χ3v) is 4.57. The zero-order chi connectivity index (χ0) is 17.2. The molecule has 2 aromatic carbocycles. The second-order valence-corrected chi connectivity index (χ2v) is 6.50. The normalized spacial score (nSPS) is 18.9. The average Bonchev–Trinajstić information content (AvgIpc) is 3.50. The van der Waals surface area contributed by atoms with Crippen LogP contribution in [0.4, 0.5) is 5.69 Å². The van der Waals surface area contributed by atoms with Crippen LogP contribution in [0.3, 0.4) is 0 Å². The van der Waals surface area contributed by atoms with Crippen molar-refractivity contribution in [2.75, 3.05) is 11.4 Å². The van der Waals surface area contributed by atoms with E-state index < -0.39 is 6.10 Å². The van der Waals surface area contributed by atoms with Crippen LogP contribution in [-0.4, -0.2) is 24.5 Å². The van der Waals surface area contributed by atoms with Gasteiger partial charge in [-0.25, -0.2) is 0 Å². The lowest BCUT2D eigenvalue weighted by molar-refractivity contribution is -0.128. The van der Waals surface area contributed by atoms with E-state index in [1.165, 1.54) is 0 Å². The average molecular weight is 336 g/mol. The van der Waals surface area contributed by atoms with Gasteiger partial charge in [0.15, 0.2) is 6.10 Å². The number of hydrogen-bond donors (Lipinski definition) is 1. The highest BCUT2D eigenvalue weighted by molar-refractivity contribution is 5.99. The number of nitrogens with zero attached hydrogens (tertiary/aromatic N) is 1. The molecule has 2 aromatic rings. The first-order valence-corrected chi connectivity index (χ1v) is 8.61. The standard InChI is InChI=1S/C20H20N2O3/c23-19(21-12-14-6-2-1-3-7-14)18-13-22(20(24)15-10-11-15)16-8-4-5-9-17(16)25-18/h1-9,15,18H,10-13H2,(H,21,23)/t18-/m1/s1. The number of ether oxygens (including phenoxy) is 1. The Morgan fingerprint density at radius 1 is 1.04 bits per heavy atom. The van der Waals surface area contributed by atoms with Crippen molar-refractivity contribution in [3.05, 3.63) is 60.2 Å². The maximum Gasteiger partial charge on any atom is 0.263 e. The molecule has 1 heterocycles. The number of carbonyl (C=O) groups is 2. The van der Waals surface area contributed by atoms with Gasteiger partial charge in [-0.2, -0.15) is 0 Å². The number of rotatable bonds is 4. The molecule has 2 aliphatic rings. The summed E-state index contributed by atoms with van der Waals surface area (Å²) in [7, 11) is 0. The fraction of sp³-hybridized carbons (Fsp3) is 0.300. The summed E-state index contributed by atoms with van der Waals surface area (Å²) in [6, 6.07) is 17.1. The smallest absolute Gasteiger partial charge is 0.263 e. The lowest BCUT2D eigenvalue weighted by atomic mass is 10.1. The van der Waals surface area contributed by atoms with E-state index in [2.05, 4.69) is 5.32 Å². The molecule has 0 saturated heterocycles. The number of nitrogens with one attached hydrogen (secondary N) is 1. The number of benzene rings is 2. The van der Waals surface area contributed by atoms with Crippen LogP contribution in [0.25, 0.3) is 0 Å². The predicted octanol–water partition coefficient (Wildman–Crippen LogP) is 2.51. The lowest BCUT2D eigenvalue weighted by Gasteiger charge is -2.34. The minimum absolute atomic E-state index is 0.0941. The summed E-state index contributed by atoms with van der Waals surface area (Å²) in [5, 5.41) is 2.90. The zero-order valence-electron chi connectivity index (χ0n) is 13.9. The molecule has 1 aliphatic carbocycles. The first-order chi connectivity index (χ1) is 12.2. The highest BCUT2D eigenvalue weighted by Gasteiger charge is 2.39. The highest BCUT2D eigenvalue weighted by Crippen LogP contribution is 2.38. The molecule has 2 amide bonds. The van der Waals surface area contributed by atoms with E-state index in [0.29, 0.717) is 12.3 Å². The molecule has 1 atom stereocenters. The van der Waals surface area contributed by atoms with Gasteiger partial charge in [0.25, 0.3) is 5.91 Å². The quantitative estimate of drug-likeness (QED) is 0.933. The van der Waals surface area contributed by atoms with Gasteiger partial charge in [-0.1, -0.05) is 42.5 Å². The van der Waals surface area contributed by atoms with Gasteiger partial charge < -0.3 is 15.0 Å². The van der Waals surface area contributed by atoms with Gasteiger partial charge in [-0.15, -0.1) is 0 Å². The van der Waals surface area contributed by atoms with Gasteiger partial charge in [0.2, 0.25) is 5.91 Å². The van der Waals surface area contributed by atoms with Crippen LogP contribution in [-0.2, 0) is 16.1 Å². The summed E-state index contributed by atoms with van der Waals surface area (Å²) in [6.45, 7) is 0.699. The summed E-state index contributed by atoms with van der Waals surface area (Å²) in [6.07, 6.45) is 1.17. The zero-order valence-corrected chi connectivity index (χ0v) is 13.9. The largest absolute Gasteiger partial charge is 0.477 e. The third-order valence-electron chi connectivity index (χ3n) is 4.57. The van der Waals surface area contributed by atoms with Crippen LogP contribution in [0, 0.1) is 5.92 Å². The molecule has 1 fully saturated rings. The van der Waals surface area contributed by atoms with Crippen molar-refractivity contribution in [1.29, 1.82) is 0 Å². The molecule has 5 nitrogen and oxygen atoms in total. The Morgan fingerprint density at radius 2 is 1.76 bits per heavy atom. The Hall–Kier alpha value is -2.82. The van der Waals surface area contributed by atoms with Gasteiger partial charge in [0.05, 0.1) is 12.2 Å². The summed E-state index contributed by atoms with van der Waals surface area (Å²) in [5.74, 6) is 0.574. The Kier molecular flexibility index (Phi) is 4.14. The second-order valence-electron chi connectivity index (χ2n) is 6.50. The second kappa shape index (κ2) is 6.59. The van der Waals surface area contributed by atoms with Crippen molar-refractivity contribution in [2.24, 2.45) is 5.92 Å². The van der Waals surface area contributed by atoms with E-state index in [1.807, 2.05) is 48.5 Å². The number of fused-ring (bicyclic) bond motifs is 1. The van der Waals surface area contributed by atoms with E-state index in [9.17, 15) is 9.59 Å². The molecule has 1 saturated carbocycles. The van der Waals surface area contributed by atoms with Crippen molar-refractivity contribution >= 4 is 17.5 Å². The molecule has 1 N–H and O–H groups in total. The van der Waals surface area contributed by atoms with E-state index in [4.69, 9.17) is 4.74 Å². The molecule has 0 bridgehead atoms. The van der Waals surface area contributed by atoms with Gasteiger partial charge >= 0.3 is 0 Å². The first kappa shape index (κ1) is 15.7. The van der Waals surface area contributed by atoms with Crippen molar-refractivity contribution in [3.8, 4) is 5.75 Å². The molecule has 128 valence electrons. The molecular formula is C20H20N2O3. The Balaban J connectivity index is 1.49. The minimum atomic E-state index is -0.693. The van der Waals surface area contributed by atoms with E-state index in [-0.39, 0.29) is 24.3 Å². The maximum absolute atomic E-state index is 12.6. The van der Waals surface area contributed by atoms with Crippen LogP contribution < -0.4 is 15.0 Å². The minimum Gasteiger partial charge on any atom is -0.477 e. The van der Waals surface area contributed by atoms with Crippen molar-refractivity contribution < 1.29 is 14.3 Å². The number of hydrogen-bond acceptors (Lipinski definition) is 3. The molecule has 1 aliphatic heterocycles. The molecule has 0 radical (unpaired) electrons. The van der Waals surface area contributed by atoms with Crippen molar-refractivity contribution in [2.45, 2.75) is 25.5 Å². The first-order valence-electron chi connectivity index (χ1n) is 8.61. The summed E-state index contributed by atoms with van der Waals surface area (Å²) in [4.78, 5) is 26.9. The Labute approximate surface area is 146 Å². The van der Waals surface area contributed by atoms with Gasteiger partial charge in [0.1, 0.15) is 5.75 Å². The van der Waals surface area contributed by atoms with Crippen molar-refractivity contribution in [1.82, 2.24) is 5.32 Å². The number of carbonyl (C=O) groups excluding carboxylic acids is 2. The SMILES string of the molecule is O=C(NCc1ccccc1)[C@H]1CN(C(=O)C2CC2)c2ccccc2O1. The van der Waals surface area contributed by atoms with E-state index in [1.54, 1.807) is 11.0 Å². The fourth-order valence-corrected chi connectivity index (χ4v) is 3.03. The van der Waals surface area contributed by atoms with Gasteiger partial charge in [0, 0.05) is 12.5 Å². The van der Waals surface area contributed by atoms with E-state index >= 15 is 0 Å². The van der Waals surface area contributed by atoms with Crippen molar-refractivity contribution in [3.63, 3.8) is 0 Å². The number of para-hydroxylation sites is 2. The fourth-order valence-electron chi connectivity index (χ4n) is 3.03. The van der Waals surface area contributed by atoms with Gasteiger partial charge in [-0.05, 0) is 30.5 Å². The maximum atomic E-state index is 12.6. The molecule has 5 heteroatoms. The summed E-state index contributed by atoms with van der Waals surface area (Å²) >= 11 is 0. The molecule has 4 rings (SSSR count). The van der Waals surface area contributed by atoms with Crippen LogP contribution in [0.15, 0.2) is 54.6 Å². The topological polar surface area (TPSA) is 58.6 Å². The number of amides is 2. The molecule has 0 unspecified atom stereocenters. The van der Waals surface area contributed by atoms with Gasteiger partial charge in [-0.3, -0.25) is 9.59 Å². The third kappa shape index (κ3) is 3.36. The Bertz CT molecular complexity index is 787. The monoisotopic (exact) mass is 336 g/mol. The molecule has 0 spiro atoms. The summed E-state index contributed by atoms with van der Waals surface area (Å²) in [5.41, 5.74) is 1.78. The van der Waals surface area contributed by atoms with Crippen LogP contribution in [0.1, 0.15) is 18.4 Å². The van der Waals surface area contributed by atoms with E-state index in [0.717, 1.165) is 24.1 Å². The Morgan fingerprint density at radius 3 is 2.52 bits per heavy atom. The van der Waals surface area contributed by atoms with Crippen LogP contribution in [0.2, 0.25) is 0 Å². The summed E-state index contributed by atoms with van der Waals surface area (Å²) < 4.78 is 5.86. The molecule has 25 heavy (non-hydrogen) atoms. The molecular weight excluding hydrogens is 316 g/mol. The lowest BCUT2D eigenvalue weighted by Crippen LogP contribution is -2.51. The van der Waals surface area contributed by atoms with Crippen LogP contribution >= 0.6 is 0 Å². The van der Waals surface area contributed by atoms with Crippen LogP contribution in [0.5, 0.6) is 5.75 Å².